The molecule has 1 fully saturated rings. The van der Waals surface area contributed by atoms with Crippen molar-refractivity contribution >= 4 is 0 Å². The average Bonchev–Trinajstić information content (AvgIpc) is 2.34. The first-order valence-electron chi connectivity index (χ1n) is 7.59. The molecule has 0 aliphatic heterocycles. The molecule has 3 atom stereocenters. The van der Waals surface area contributed by atoms with Crippen LogP contribution in [0, 0.1) is 5.92 Å². The highest BCUT2D eigenvalue weighted by molar-refractivity contribution is 4.82. The van der Waals surface area contributed by atoms with Gasteiger partial charge in [0.05, 0.1) is 0 Å². The predicted molar refractivity (Wildman–Crippen MR) is 76.4 cm³/mol. The van der Waals surface area contributed by atoms with Crippen LogP contribution in [0.3, 0.4) is 0 Å². The van der Waals surface area contributed by atoms with Crippen LogP contribution in [0.2, 0.25) is 0 Å². The summed E-state index contributed by atoms with van der Waals surface area (Å²) in [4.78, 5) is 2.61. The maximum absolute atomic E-state index is 3.58. The largest absolute Gasteiger partial charge is 0.315 e. The molecule has 1 saturated carbocycles. The van der Waals surface area contributed by atoms with Crippen LogP contribution in [0.25, 0.3) is 0 Å². The van der Waals surface area contributed by atoms with Gasteiger partial charge in [0.15, 0.2) is 0 Å². The molecular formula is C15H32N2. The van der Waals surface area contributed by atoms with Crippen molar-refractivity contribution in [3.8, 4) is 0 Å². The number of hydrogen-bond donors (Lipinski definition) is 1. The maximum atomic E-state index is 3.58. The number of likely N-dealkylation sites (N-methyl/N-ethyl adjacent to an activating group) is 1. The van der Waals surface area contributed by atoms with Gasteiger partial charge < -0.3 is 5.32 Å². The fourth-order valence-corrected chi connectivity index (χ4v) is 2.99. The highest BCUT2D eigenvalue weighted by atomic mass is 15.2. The Hall–Kier alpha value is -0.0800. The Bertz CT molecular complexity index is 193. The molecule has 2 nitrogen and oxygen atoms in total. The Morgan fingerprint density at radius 3 is 2.65 bits per heavy atom. The van der Waals surface area contributed by atoms with Crippen LogP contribution < -0.4 is 5.32 Å². The second kappa shape index (κ2) is 8.10. The minimum atomic E-state index is 0.664. The lowest BCUT2D eigenvalue weighted by atomic mass is 9.84. The average molecular weight is 240 g/mol. The summed E-state index contributed by atoms with van der Waals surface area (Å²) in [6.07, 6.45) is 8.28. The van der Waals surface area contributed by atoms with Crippen molar-refractivity contribution in [2.24, 2.45) is 5.92 Å². The van der Waals surface area contributed by atoms with E-state index in [1.54, 1.807) is 0 Å². The third-order valence-electron chi connectivity index (χ3n) is 4.43. The zero-order valence-corrected chi connectivity index (χ0v) is 12.3. The van der Waals surface area contributed by atoms with Crippen molar-refractivity contribution in [1.82, 2.24) is 10.2 Å². The standard InChI is InChI=1S/C15H32N2/c1-5-6-11-16-12-14(3)17(4)15-10-8-7-9-13(15)2/h13-16H,5-12H2,1-4H3. The summed E-state index contributed by atoms with van der Waals surface area (Å²) in [5.41, 5.74) is 0. The third kappa shape index (κ3) is 4.97. The van der Waals surface area contributed by atoms with Crippen LogP contribution in [0.5, 0.6) is 0 Å². The molecule has 102 valence electrons. The van der Waals surface area contributed by atoms with Gasteiger partial charge in [0.1, 0.15) is 0 Å². The Kier molecular flexibility index (Phi) is 7.14. The molecule has 1 aliphatic carbocycles. The number of rotatable bonds is 7. The quantitative estimate of drug-likeness (QED) is 0.687. The van der Waals surface area contributed by atoms with E-state index in [2.05, 4.69) is 38.0 Å². The lowest BCUT2D eigenvalue weighted by Gasteiger charge is -2.39. The molecule has 2 heteroatoms. The van der Waals surface area contributed by atoms with Crippen molar-refractivity contribution in [2.45, 2.75) is 71.4 Å². The first-order valence-corrected chi connectivity index (χ1v) is 7.59. The van der Waals surface area contributed by atoms with E-state index < -0.39 is 0 Å². The zero-order chi connectivity index (χ0) is 12.7. The van der Waals surface area contributed by atoms with Crippen molar-refractivity contribution in [3.05, 3.63) is 0 Å². The fourth-order valence-electron chi connectivity index (χ4n) is 2.99. The van der Waals surface area contributed by atoms with Crippen LogP contribution in [-0.4, -0.2) is 37.1 Å². The summed E-state index contributed by atoms with van der Waals surface area (Å²) < 4.78 is 0. The van der Waals surface area contributed by atoms with Crippen LogP contribution in [-0.2, 0) is 0 Å². The normalized spacial score (nSPS) is 27.4. The first kappa shape index (κ1) is 15.0. The molecule has 0 aromatic carbocycles. The van der Waals surface area contributed by atoms with E-state index in [1.807, 2.05) is 0 Å². The molecule has 0 amide bonds. The van der Waals surface area contributed by atoms with E-state index in [1.165, 1.54) is 45.1 Å². The second-order valence-electron chi connectivity index (χ2n) is 5.90. The molecule has 0 spiro atoms. The molecule has 0 radical (unpaired) electrons. The molecule has 1 rings (SSSR count). The molecular weight excluding hydrogens is 208 g/mol. The van der Waals surface area contributed by atoms with Gasteiger partial charge in [-0.15, -0.1) is 0 Å². The van der Waals surface area contributed by atoms with Crippen molar-refractivity contribution in [2.75, 3.05) is 20.1 Å². The van der Waals surface area contributed by atoms with E-state index in [9.17, 15) is 0 Å². The summed E-state index contributed by atoms with van der Waals surface area (Å²) >= 11 is 0. The van der Waals surface area contributed by atoms with Crippen molar-refractivity contribution < 1.29 is 0 Å². The Morgan fingerprint density at radius 2 is 2.00 bits per heavy atom. The smallest absolute Gasteiger partial charge is 0.0192 e. The highest BCUT2D eigenvalue weighted by Gasteiger charge is 2.27. The summed E-state index contributed by atoms with van der Waals surface area (Å²) in [6.45, 7) is 9.35. The van der Waals surface area contributed by atoms with E-state index in [4.69, 9.17) is 0 Å². The van der Waals surface area contributed by atoms with Gasteiger partial charge in [-0.25, -0.2) is 0 Å². The van der Waals surface area contributed by atoms with E-state index in [0.29, 0.717) is 6.04 Å². The topological polar surface area (TPSA) is 15.3 Å². The third-order valence-corrected chi connectivity index (χ3v) is 4.43. The van der Waals surface area contributed by atoms with Gasteiger partial charge in [-0.2, -0.15) is 0 Å². The summed E-state index contributed by atoms with van der Waals surface area (Å²) in [5, 5.41) is 3.58. The minimum absolute atomic E-state index is 0.664. The van der Waals surface area contributed by atoms with Crippen molar-refractivity contribution in [1.29, 1.82) is 0 Å². The first-order chi connectivity index (χ1) is 8.16. The molecule has 3 unspecified atom stereocenters. The lowest BCUT2D eigenvalue weighted by Crippen LogP contribution is -2.47. The van der Waals surface area contributed by atoms with E-state index in [-0.39, 0.29) is 0 Å². The van der Waals surface area contributed by atoms with Crippen LogP contribution in [0.1, 0.15) is 59.3 Å². The Morgan fingerprint density at radius 1 is 1.29 bits per heavy atom. The number of nitrogens with zero attached hydrogens (tertiary/aromatic N) is 1. The van der Waals surface area contributed by atoms with Crippen LogP contribution >= 0.6 is 0 Å². The van der Waals surface area contributed by atoms with E-state index >= 15 is 0 Å². The zero-order valence-electron chi connectivity index (χ0n) is 12.3. The summed E-state index contributed by atoms with van der Waals surface area (Å²) in [7, 11) is 2.32. The minimum Gasteiger partial charge on any atom is -0.315 e. The molecule has 1 aliphatic rings. The molecule has 0 bridgehead atoms. The SMILES string of the molecule is CCCCNCC(C)N(C)C1CCCCC1C. The highest BCUT2D eigenvalue weighted by Crippen LogP contribution is 2.28. The number of hydrogen-bond acceptors (Lipinski definition) is 2. The fraction of sp³-hybridized carbons (Fsp3) is 1.00. The predicted octanol–water partition coefficient (Wildman–Crippen LogP) is 3.28. The van der Waals surface area contributed by atoms with Gasteiger partial charge in [0, 0.05) is 18.6 Å². The van der Waals surface area contributed by atoms with Crippen molar-refractivity contribution in [3.63, 3.8) is 0 Å². The van der Waals surface area contributed by atoms with Gasteiger partial charge in [0.25, 0.3) is 0 Å². The number of nitrogens with one attached hydrogen (secondary N) is 1. The summed E-state index contributed by atoms with van der Waals surface area (Å²) in [6, 6.07) is 1.48. The molecule has 0 aromatic heterocycles. The lowest BCUT2D eigenvalue weighted by molar-refractivity contribution is 0.103. The van der Waals surface area contributed by atoms with E-state index in [0.717, 1.165) is 18.5 Å². The van der Waals surface area contributed by atoms with Crippen LogP contribution in [0.15, 0.2) is 0 Å². The Labute approximate surface area is 108 Å². The van der Waals surface area contributed by atoms with Gasteiger partial charge in [-0.3, -0.25) is 4.90 Å². The molecule has 17 heavy (non-hydrogen) atoms. The van der Waals surface area contributed by atoms with Gasteiger partial charge >= 0.3 is 0 Å². The van der Waals surface area contributed by atoms with Gasteiger partial charge in [-0.05, 0) is 45.7 Å². The van der Waals surface area contributed by atoms with Crippen LogP contribution in [0.4, 0.5) is 0 Å². The summed E-state index contributed by atoms with van der Waals surface area (Å²) in [5.74, 6) is 0.881. The molecule has 1 N–H and O–H groups in total. The molecule has 0 aromatic rings. The molecule has 0 heterocycles. The monoisotopic (exact) mass is 240 g/mol. The second-order valence-corrected chi connectivity index (χ2v) is 5.90. The Balaban J connectivity index is 2.26. The number of unbranched alkanes of at least 4 members (excludes halogenated alkanes) is 1. The maximum Gasteiger partial charge on any atom is 0.0192 e. The van der Waals surface area contributed by atoms with Gasteiger partial charge in [0.2, 0.25) is 0 Å². The van der Waals surface area contributed by atoms with Gasteiger partial charge in [-0.1, -0.05) is 33.1 Å². The molecule has 0 saturated heterocycles.